The highest BCUT2D eigenvalue weighted by Crippen LogP contribution is 2.47. The van der Waals surface area contributed by atoms with Crippen molar-refractivity contribution in [3.8, 4) is 11.5 Å². The van der Waals surface area contributed by atoms with Crippen molar-refractivity contribution in [2.45, 2.75) is 38.3 Å². The number of rotatable bonds is 4. The topological polar surface area (TPSA) is 71.2 Å². The number of carbonyl (C=O) groups is 1. The van der Waals surface area contributed by atoms with Crippen molar-refractivity contribution in [2.24, 2.45) is 0 Å². The number of aromatic nitrogens is 1. The molecule has 0 saturated carbocycles. The fraction of sp³-hybridized carbons (Fsp3) is 0.250. The van der Waals surface area contributed by atoms with E-state index in [9.17, 15) is 27.2 Å². The Hall–Kier alpha value is -3.33. The molecule has 2 aromatic carbocycles. The lowest BCUT2D eigenvalue weighted by atomic mass is 9.86. The van der Waals surface area contributed by atoms with Crippen LogP contribution in [0.3, 0.4) is 0 Å². The van der Waals surface area contributed by atoms with Crippen LogP contribution >= 0.6 is 11.6 Å². The van der Waals surface area contributed by atoms with E-state index in [0.29, 0.717) is 30.0 Å². The molecular formula is C24H19ClF4N2O3. The van der Waals surface area contributed by atoms with Crippen molar-refractivity contribution in [3.63, 3.8) is 0 Å². The van der Waals surface area contributed by atoms with Gasteiger partial charge in [0.25, 0.3) is 5.91 Å². The lowest BCUT2D eigenvalue weighted by Gasteiger charge is -2.23. The number of amides is 1. The summed E-state index contributed by atoms with van der Waals surface area (Å²) >= 11 is 5.86. The van der Waals surface area contributed by atoms with Crippen LogP contribution < -0.4 is 15.6 Å². The molecule has 1 heterocycles. The molecule has 178 valence electrons. The molecule has 5 nitrogen and oxygen atoms in total. The fourth-order valence-corrected chi connectivity index (χ4v) is 4.38. The molecule has 4 rings (SSSR count). The highest BCUT2D eigenvalue weighted by molar-refractivity contribution is 6.32. The number of nitrogens with one attached hydrogen (secondary N) is 2. The van der Waals surface area contributed by atoms with Crippen molar-refractivity contribution >= 4 is 23.2 Å². The van der Waals surface area contributed by atoms with Crippen molar-refractivity contribution in [3.05, 3.63) is 86.0 Å². The zero-order valence-electron chi connectivity index (χ0n) is 18.1. The van der Waals surface area contributed by atoms with Crippen LogP contribution in [0.25, 0.3) is 0 Å². The lowest BCUT2D eigenvalue weighted by molar-refractivity contribution is -0.137. The predicted octanol–water partition coefficient (Wildman–Crippen LogP) is 6.45. The molecule has 34 heavy (non-hydrogen) atoms. The summed E-state index contributed by atoms with van der Waals surface area (Å²) in [6.07, 6.45) is -2.42. The first-order valence-electron chi connectivity index (χ1n) is 10.3. The summed E-state index contributed by atoms with van der Waals surface area (Å²) < 4.78 is 60.9. The molecule has 10 heteroatoms. The van der Waals surface area contributed by atoms with E-state index in [4.69, 9.17) is 16.3 Å². The first-order chi connectivity index (χ1) is 15.9. The van der Waals surface area contributed by atoms with Gasteiger partial charge in [-0.2, -0.15) is 13.2 Å². The summed E-state index contributed by atoms with van der Waals surface area (Å²) in [6, 6.07) is 6.54. The number of aromatic amines is 1. The van der Waals surface area contributed by atoms with Gasteiger partial charge < -0.3 is 15.0 Å². The lowest BCUT2D eigenvalue weighted by Crippen LogP contribution is -2.17. The first-order valence-corrected chi connectivity index (χ1v) is 10.6. The maximum absolute atomic E-state index is 14.4. The van der Waals surface area contributed by atoms with Gasteiger partial charge in [-0.15, -0.1) is 0 Å². The molecule has 0 fully saturated rings. The molecule has 0 unspecified atom stereocenters. The average molecular weight is 495 g/mol. The number of hydrogen-bond acceptors (Lipinski definition) is 3. The largest absolute Gasteiger partial charge is 0.456 e. The van der Waals surface area contributed by atoms with Crippen LogP contribution in [0.5, 0.6) is 11.5 Å². The second kappa shape index (κ2) is 8.47. The predicted molar refractivity (Wildman–Crippen MR) is 119 cm³/mol. The number of fused-ring (bicyclic) bond motifs is 1. The molecule has 1 amide bonds. The molecule has 0 radical (unpaired) electrons. The van der Waals surface area contributed by atoms with E-state index in [0.717, 1.165) is 12.1 Å². The van der Waals surface area contributed by atoms with Gasteiger partial charge in [-0.1, -0.05) is 25.4 Å². The van der Waals surface area contributed by atoms with Crippen LogP contribution in [0, 0.1) is 5.82 Å². The molecule has 0 spiro atoms. The van der Waals surface area contributed by atoms with Crippen LogP contribution in [0.2, 0.25) is 5.02 Å². The Bertz CT molecular complexity index is 1350. The maximum Gasteiger partial charge on any atom is 0.417 e. The number of ether oxygens (including phenoxy) is 1. The number of H-pyrrole nitrogens is 1. The molecule has 1 aliphatic carbocycles. The van der Waals surface area contributed by atoms with Crippen LogP contribution in [-0.4, -0.2) is 10.9 Å². The number of carbonyl (C=O) groups excluding carboxylic acids is 1. The van der Waals surface area contributed by atoms with Crippen molar-refractivity contribution < 1.29 is 27.1 Å². The summed E-state index contributed by atoms with van der Waals surface area (Å²) in [6.45, 7) is 3.77. The van der Waals surface area contributed by atoms with E-state index in [1.807, 2.05) is 13.8 Å². The molecular weight excluding hydrogens is 476 g/mol. The summed E-state index contributed by atoms with van der Waals surface area (Å²) in [5, 5.41) is 1.76. The number of halogens is 5. The summed E-state index contributed by atoms with van der Waals surface area (Å²) in [5.74, 6) is -1.52. The van der Waals surface area contributed by atoms with Gasteiger partial charge in [0.1, 0.15) is 17.3 Å². The second-order valence-electron chi connectivity index (χ2n) is 8.61. The van der Waals surface area contributed by atoms with E-state index in [1.165, 1.54) is 24.4 Å². The van der Waals surface area contributed by atoms with E-state index in [-0.39, 0.29) is 17.0 Å². The molecule has 0 atom stereocenters. The Morgan fingerprint density at radius 1 is 1.15 bits per heavy atom. The molecule has 1 aliphatic rings. The standard InChI is InChI=1S/C24H19ClF4N2O3/c1-23(2)7-5-13-17(26)3-4-18(21(13)23)34-19-11-15(24(27,28)29)16(25)10-14(19)22(33)31-12-6-8-30-20(32)9-12/h3-4,6,8-11H,5,7H2,1-2H3,(H2,30,31,32,33). The van der Waals surface area contributed by atoms with Crippen LogP contribution in [0.15, 0.2) is 47.4 Å². The first kappa shape index (κ1) is 23.8. The summed E-state index contributed by atoms with van der Waals surface area (Å²) in [5.41, 5.74) is -1.34. The van der Waals surface area contributed by atoms with E-state index in [2.05, 4.69) is 10.3 Å². The summed E-state index contributed by atoms with van der Waals surface area (Å²) in [4.78, 5) is 26.9. The minimum Gasteiger partial charge on any atom is -0.456 e. The third-order valence-electron chi connectivity index (χ3n) is 5.77. The smallest absolute Gasteiger partial charge is 0.417 e. The molecule has 0 saturated heterocycles. The Morgan fingerprint density at radius 2 is 1.88 bits per heavy atom. The van der Waals surface area contributed by atoms with Crippen LogP contribution in [0.1, 0.15) is 47.3 Å². The van der Waals surface area contributed by atoms with E-state index < -0.39 is 45.2 Å². The normalized spacial score (nSPS) is 14.6. The van der Waals surface area contributed by atoms with Crippen molar-refractivity contribution in [1.82, 2.24) is 4.98 Å². The Morgan fingerprint density at radius 3 is 2.56 bits per heavy atom. The Balaban J connectivity index is 1.82. The molecule has 1 aromatic heterocycles. The van der Waals surface area contributed by atoms with Crippen molar-refractivity contribution in [2.75, 3.05) is 5.32 Å². The van der Waals surface area contributed by atoms with Crippen LogP contribution in [0.4, 0.5) is 23.2 Å². The van der Waals surface area contributed by atoms with Gasteiger partial charge in [-0.3, -0.25) is 9.59 Å². The average Bonchev–Trinajstić information content (AvgIpc) is 3.06. The third kappa shape index (κ3) is 4.52. The highest BCUT2D eigenvalue weighted by atomic mass is 35.5. The molecule has 2 N–H and O–H groups in total. The minimum absolute atomic E-state index is 0.125. The van der Waals surface area contributed by atoms with Gasteiger partial charge in [0, 0.05) is 23.5 Å². The van der Waals surface area contributed by atoms with Gasteiger partial charge in [0.15, 0.2) is 0 Å². The summed E-state index contributed by atoms with van der Waals surface area (Å²) in [7, 11) is 0. The Kier molecular flexibility index (Phi) is 5.93. The quantitative estimate of drug-likeness (QED) is 0.409. The number of hydrogen-bond donors (Lipinski definition) is 2. The zero-order chi connectivity index (χ0) is 24.8. The fourth-order valence-electron chi connectivity index (χ4n) is 4.11. The van der Waals surface area contributed by atoms with Gasteiger partial charge >= 0.3 is 6.18 Å². The zero-order valence-corrected chi connectivity index (χ0v) is 18.8. The van der Waals surface area contributed by atoms with Crippen LogP contribution in [-0.2, 0) is 18.0 Å². The minimum atomic E-state index is -4.80. The maximum atomic E-state index is 14.4. The van der Waals surface area contributed by atoms with Gasteiger partial charge in [-0.25, -0.2) is 4.39 Å². The third-order valence-corrected chi connectivity index (χ3v) is 6.08. The monoisotopic (exact) mass is 494 g/mol. The van der Waals surface area contributed by atoms with Gasteiger partial charge in [0.2, 0.25) is 5.56 Å². The number of anilines is 1. The second-order valence-corrected chi connectivity index (χ2v) is 9.01. The molecule has 0 aliphatic heterocycles. The number of alkyl halides is 3. The molecule has 3 aromatic rings. The van der Waals surface area contributed by atoms with Gasteiger partial charge in [-0.05, 0) is 54.2 Å². The Labute approximate surface area is 196 Å². The number of pyridine rings is 1. The van der Waals surface area contributed by atoms with E-state index >= 15 is 0 Å². The molecule has 0 bridgehead atoms. The number of benzene rings is 2. The SMILES string of the molecule is CC1(C)CCc2c(F)ccc(Oc3cc(C(F)(F)F)c(Cl)cc3C(=O)Nc3cc[nH]c(=O)c3)c21. The van der Waals surface area contributed by atoms with E-state index in [1.54, 1.807) is 0 Å². The van der Waals surface area contributed by atoms with Gasteiger partial charge in [0.05, 0.1) is 16.1 Å². The van der Waals surface area contributed by atoms with Crippen molar-refractivity contribution in [1.29, 1.82) is 0 Å². The highest BCUT2D eigenvalue weighted by Gasteiger charge is 2.37.